The minimum atomic E-state index is -0.809. The van der Waals surface area contributed by atoms with Gasteiger partial charge in [-0.1, -0.05) is 18.2 Å². The molecular formula is C15H12BrNO2. The molecule has 4 heteroatoms. The van der Waals surface area contributed by atoms with Gasteiger partial charge in [-0.3, -0.25) is 4.98 Å². The number of nitrogens with zero attached hydrogens (tertiary/aromatic N) is 1. The molecule has 2 aromatic heterocycles. The minimum Gasteiger partial charge on any atom is -0.458 e. The summed E-state index contributed by atoms with van der Waals surface area (Å²) in [4.78, 5) is 4.05. The second-order valence-corrected chi connectivity index (χ2v) is 5.40. The van der Waals surface area contributed by atoms with Crippen molar-refractivity contribution >= 4 is 26.9 Å². The molecule has 0 saturated carbocycles. The molecule has 1 atom stereocenters. The molecule has 1 unspecified atom stereocenters. The molecule has 0 bridgehead atoms. The Hall–Kier alpha value is -1.65. The third-order valence-electron chi connectivity index (χ3n) is 3.07. The predicted octanol–water partition coefficient (Wildman–Crippen LogP) is 3.98. The number of hydrogen-bond acceptors (Lipinski definition) is 3. The quantitative estimate of drug-likeness (QED) is 0.777. The van der Waals surface area contributed by atoms with Gasteiger partial charge in [-0.2, -0.15) is 0 Å². The first kappa shape index (κ1) is 12.4. The Labute approximate surface area is 119 Å². The zero-order chi connectivity index (χ0) is 13.4. The summed E-state index contributed by atoms with van der Waals surface area (Å²) < 4.78 is 6.59. The summed E-state index contributed by atoms with van der Waals surface area (Å²) in [5, 5.41) is 11.4. The van der Waals surface area contributed by atoms with E-state index in [9.17, 15) is 5.11 Å². The van der Waals surface area contributed by atoms with E-state index in [2.05, 4.69) is 20.9 Å². The van der Waals surface area contributed by atoms with Gasteiger partial charge in [0.25, 0.3) is 0 Å². The lowest BCUT2D eigenvalue weighted by atomic mass is 10.1. The summed E-state index contributed by atoms with van der Waals surface area (Å²) >= 11 is 3.35. The van der Waals surface area contributed by atoms with Gasteiger partial charge in [-0.15, -0.1) is 0 Å². The molecule has 3 aromatic rings. The molecule has 0 fully saturated rings. The molecule has 0 saturated heterocycles. The molecule has 3 rings (SSSR count). The maximum atomic E-state index is 10.4. The third-order valence-corrected chi connectivity index (χ3v) is 3.50. The highest BCUT2D eigenvalue weighted by Gasteiger charge is 2.16. The van der Waals surface area contributed by atoms with Crippen LogP contribution < -0.4 is 0 Å². The highest BCUT2D eigenvalue weighted by molar-refractivity contribution is 9.10. The van der Waals surface area contributed by atoms with Crippen molar-refractivity contribution in [2.75, 3.05) is 0 Å². The molecule has 0 aliphatic heterocycles. The Bertz CT molecular complexity index is 736. The van der Waals surface area contributed by atoms with Crippen molar-refractivity contribution in [3.63, 3.8) is 0 Å². The van der Waals surface area contributed by atoms with Gasteiger partial charge in [-0.05, 0) is 40.5 Å². The van der Waals surface area contributed by atoms with Gasteiger partial charge in [0.15, 0.2) is 0 Å². The number of aliphatic hydroxyl groups is 1. The number of pyridine rings is 1. The molecule has 0 radical (unpaired) electrons. The van der Waals surface area contributed by atoms with Crippen LogP contribution in [0.1, 0.15) is 23.0 Å². The summed E-state index contributed by atoms with van der Waals surface area (Å²) in [5.74, 6) is 0.532. The van der Waals surface area contributed by atoms with E-state index in [0.29, 0.717) is 11.3 Å². The molecule has 19 heavy (non-hydrogen) atoms. The topological polar surface area (TPSA) is 46.3 Å². The normalized spacial score (nSPS) is 12.8. The number of benzene rings is 1. The first-order valence-electron chi connectivity index (χ1n) is 5.93. The van der Waals surface area contributed by atoms with E-state index in [4.69, 9.17) is 4.42 Å². The highest BCUT2D eigenvalue weighted by Crippen LogP contribution is 2.30. The predicted molar refractivity (Wildman–Crippen MR) is 76.9 cm³/mol. The summed E-state index contributed by atoms with van der Waals surface area (Å²) in [6.07, 6.45) is 2.51. The average molecular weight is 318 g/mol. The van der Waals surface area contributed by atoms with Crippen molar-refractivity contribution in [1.82, 2.24) is 4.98 Å². The van der Waals surface area contributed by atoms with Gasteiger partial charge in [0.05, 0.1) is 0 Å². The number of hydrogen-bond donors (Lipinski definition) is 1. The van der Waals surface area contributed by atoms with Crippen LogP contribution in [0.15, 0.2) is 51.6 Å². The van der Waals surface area contributed by atoms with E-state index < -0.39 is 6.10 Å². The van der Waals surface area contributed by atoms with Gasteiger partial charge in [0.1, 0.15) is 17.4 Å². The lowest BCUT2D eigenvalue weighted by molar-refractivity contribution is 0.192. The van der Waals surface area contributed by atoms with E-state index in [1.807, 2.05) is 37.3 Å². The molecular weight excluding hydrogens is 306 g/mol. The van der Waals surface area contributed by atoms with Gasteiger partial charge in [0.2, 0.25) is 0 Å². The highest BCUT2D eigenvalue weighted by atomic mass is 79.9. The lowest BCUT2D eigenvalue weighted by Crippen LogP contribution is -1.98. The molecule has 0 spiro atoms. The van der Waals surface area contributed by atoms with Crippen molar-refractivity contribution in [2.24, 2.45) is 0 Å². The van der Waals surface area contributed by atoms with Crippen LogP contribution in [0.25, 0.3) is 11.0 Å². The third kappa shape index (κ3) is 2.29. The van der Waals surface area contributed by atoms with E-state index in [-0.39, 0.29) is 0 Å². The summed E-state index contributed by atoms with van der Waals surface area (Å²) in [6.45, 7) is 1.99. The van der Waals surface area contributed by atoms with Crippen LogP contribution in [0, 0.1) is 6.92 Å². The van der Waals surface area contributed by atoms with Crippen molar-refractivity contribution in [3.05, 3.63) is 64.1 Å². The Morgan fingerprint density at radius 2 is 2.11 bits per heavy atom. The molecule has 1 N–H and O–H groups in total. The summed E-state index contributed by atoms with van der Waals surface area (Å²) in [6, 6.07) is 9.64. The standard InChI is InChI=1S/C15H12BrNO2/c1-9-3-2-4-10-6-13(19-15(9)10)14(18)11-5-12(16)8-17-7-11/h2-8,14,18H,1H3. The van der Waals surface area contributed by atoms with Crippen molar-refractivity contribution < 1.29 is 9.52 Å². The minimum absolute atomic E-state index is 0.532. The van der Waals surface area contributed by atoms with Crippen LogP contribution in [0.3, 0.4) is 0 Å². The number of fused-ring (bicyclic) bond motifs is 1. The fourth-order valence-electron chi connectivity index (χ4n) is 2.11. The number of aromatic nitrogens is 1. The van der Waals surface area contributed by atoms with Gasteiger partial charge in [-0.25, -0.2) is 0 Å². The first-order chi connectivity index (χ1) is 9.15. The zero-order valence-electron chi connectivity index (χ0n) is 10.3. The van der Waals surface area contributed by atoms with Gasteiger partial charge in [0, 0.05) is 27.8 Å². The number of aliphatic hydroxyl groups excluding tert-OH is 1. The van der Waals surface area contributed by atoms with Crippen LogP contribution in [0.5, 0.6) is 0 Å². The van der Waals surface area contributed by atoms with Gasteiger partial charge >= 0.3 is 0 Å². The zero-order valence-corrected chi connectivity index (χ0v) is 11.9. The average Bonchev–Trinajstić information content (AvgIpc) is 2.83. The molecule has 96 valence electrons. The van der Waals surface area contributed by atoms with Crippen LogP contribution in [0.4, 0.5) is 0 Å². The number of aryl methyl sites for hydroxylation is 1. The van der Waals surface area contributed by atoms with Crippen molar-refractivity contribution in [2.45, 2.75) is 13.0 Å². The first-order valence-corrected chi connectivity index (χ1v) is 6.72. The molecule has 0 amide bonds. The summed E-state index contributed by atoms with van der Waals surface area (Å²) in [7, 11) is 0. The Kier molecular flexibility index (Phi) is 3.12. The molecule has 3 nitrogen and oxygen atoms in total. The summed E-state index contributed by atoms with van der Waals surface area (Å²) in [5.41, 5.74) is 2.58. The van der Waals surface area contributed by atoms with Crippen LogP contribution in [-0.4, -0.2) is 10.1 Å². The molecule has 0 aliphatic rings. The number of rotatable bonds is 2. The number of para-hydroxylation sites is 1. The van der Waals surface area contributed by atoms with E-state index in [0.717, 1.165) is 21.0 Å². The van der Waals surface area contributed by atoms with E-state index in [1.165, 1.54) is 0 Å². The number of halogens is 1. The largest absolute Gasteiger partial charge is 0.458 e. The van der Waals surface area contributed by atoms with Gasteiger partial charge < -0.3 is 9.52 Å². The second kappa shape index (κ2) is 4.79. The maximum Gasteiger partial charge on any atom is 0.138 e. The Morgan fingerprint density at radius 1 is 1.26 bits per heavy atom. The van der Waals surface area contributed by atoms with Crippen molar-refractivity contribution in [1.29, 1.82) is 0 Å². The maximum absolute atomic E-state index is 10.4. The van der Waals surface area contributed by atoms with Crippen molar-refractivity contribution in [3.8, 4) is 0 Å². The monoisotopic (exact) mass is 317 g/mol. The van der Waals surface area contributed by atoms with Crippen LogP contribution >= 0.6 is 15.9 Å². The molecule has 2 heterocycles. The van der Waals surface area contributed by atoms with E-state index in [1.54, 1.807) is 12.4 Å². The fourth-order valence-corrected chi connectivity index (χ4v) is 2.49. The van der Waals surface area contributed by atoms with Crippen LogP contribution in [-0.2, 0) is 0 Å². The molecule has 0 aliphatic carbocycles. The smallest absolute Gasteiger partial charge is 0.138 e. The number of furan rings is 1. The van der Waals surface area contributed by atoms with E-state index >= 15 is 0 Å². The lowest BCUT2D eigenvalue weighted by Gasteiger charge is -2.07. The fraction of sp³-hybridized carbons (Fsp3) is 0.133. The Morgan fingerprint density at radius 3 is 2.84 bits per heavy atom. The molecule has 1 aromatic carbocycles. The SMILES string of the molecule is Cc1cccc2cc(C(O)c3cncc(Br)c3)oc12. The van der Waals surface area contributed by atoms with Crippen LogP contribution in [0.2, 0.25) is 0 Å². The Balaban J connectivity index is 2.06. The second-order valence-electron chi connectivity index (χ2n) is 4.48.